The number of carbonyl (C=O) groups excluding carboxylic acids is 1. The van der Waals surface area contributed by atoms with Crippen molar-refractivity contribution < 1.29 is 73.2 Å². The average molecular weight is 1080 g/mol. The van der Waals surface area contributed by atoms with Crippen molar-refractivity contribution >= 4 is 61.4 Å². The third-order valence-electron chi connectivity index (χ3n) is 11.2. The van der Waals surface area contributed by atoms with Gasteiger partial charge in [-0.25, -0.2) is 9.98 Å². The number of nitrogens with zero attached hydrogens (tertiary/aromatic N) is 10. The molecule has 0 aliphatic heterocycles. The van der Waals surface area contributed by atoms with Gasteiger partial charge < -0.3 is 70.6 Å². The molecule has 0 bridgehead atoms. The second kappa shape index (κ2) is 44.7. The summed E-state index contributed by atoms with van der Waals surface area (Å²) in [7, 11) is 7.57. The van der Waals surface area contributed by atoms with Crippen LogP contribution in [0.15, 0.2) is 20.0 Å². The number of carbonyl (C=O) groups is 6. The molecule has 75 heavy (non-hydrogen) atoms. The summed E-state index contributed by atoms with van der Waals surface area (Å²) < 4.78 is 23.1. The quantitative estimate of drug-likeness (QED) is 0.0247. The normalized spacial score (nSPS) is 13.8. The van der Waals surface area contributed by atoms with Crippen LogP contribution in [0.2, 0.25) is 0 Å². The van der Waals surface area contributed by atoms with Gasteiger partial charge in [0.1, 0.15) is 6.04 Å². The number of likely N-dealkylation sites (N-methyl/N-ethyl adjacent to an activating group) is 2. The number of hydrogen-bond acceptors (Lipinski definition) is 21. The Bertz CT molecular complexity index is 1660. The molecule has 0 aliphatic rings. The van der Waals surface area contributed by atoms with E-state index in [9.17, 15) is 54.3 Å². The first-order valence-corrected chi connectivity index (χ1v) is 25.6. The van der Waals surface area contributed by atoms with Gasteiger partial charge in [0.2, 0.25) is 5.91 Å². The largest absolute Gasteiger partial charge is 0.483 e. The molecule has 0 unspecified atom stereocenters. The number of rotatable bonds is 52. The van der Waals surface area contributed by atoms with Crippen molar-refractivity contribution in [3.63, 3.8) is 0 Å². The fraction of sp³-hybridized carbons (Fsp3) is 0.792. The smallest absolute Gasteiger partial charge is 0.321 e. The molecule has 0 aliphatic carbocycles. The molecule has 0 rings (SSSR count). The summed E-state index contributed by atoms with van der Waals surface area (Å²) in [5.74, 6) is -6.24. The van der Waals surface area contributed by atoms with Crippen molar-refractivity contribution in [3.8, 4) is 0 Å². The lowest BCUT2D eigenvalue weighted by Crippen LogP contribution is -2.49. The van der Waals surface area contributed by atoms with E-state index in [0.29, 0.717) is 104 Å². The van der Waals surface area contributed by atoms with Crippen LogP contribution in [0.4, 0.5) is 0 Å². The van der Waals surface area contributed by atoms with Crippen molar-refractivity contribution in [1.82, 2.24) is 29.4 Å². The highest BCUT2D eigenvalue weighted by Crippen LogP contribution is 2.11. The molecule has 9 N–H and O–H groups in total. The molecular formula is C48H90N12O15. The lowest BCUT2D eigenvalue weighted by Gasteiger charge is -2.31. The number of carboxylic acids is 5. The maximum atomic E-state index is 12.5. The molecule has 0 fully saturated rings. The van der Waals surface area contributed by atoms with E-state index in [0.717, 1.165) is 25.8 Å². The summed E-state index contributed by atoms with van der Waals surface area (Å²) in [4.78, 5) is 96.9. The highest BCUT2D eigenvalue weighted by atomic mass is 16.5. The molecule has 0 aromatic carbocycles. The van der Waals surface area contributed by atoms with Crippen LogP contribution in [0.1, 0.15) is 84.0 Å². The standard InChI is InChI=1S/C48H90N12O15/c1-6-7-8-15-42(74-36-52-19-11-9-14-39(49)47(50)69)54-38-75-41(53-37-73-30-17-40(48(70)71)60(27-22-56(4)5)28-26-59(33-45(65)66)34-46(67)68)16-10-12-18-51-35-72-29-13-20-57(23-21-55(2)3)24-25-58(31-43(61)62)32-44(63)64/h35-42H,6-34,49H2,1-5H3,(H2,50,69)(H,61,62)(H,63,64)(H,65,66)(H,67,68)(H,70,71)/t39-,40-,41+,42+/m0/s1. The van der Waals surface area contributed by atoms with E-state index in [1.54, 1.807) is 4.90 Å². The number of amides is 1. The average Bonchev–Trinajstić information content (AvgIpc) is 3.32. The van der Waals surface area contributed by atoms with Crippen molar-refractivity contribution in [3.05, 3.63) is 0 Å². The molecule has 0 saturated heterocycles. The number of nitrogens with two attached hydrogens (primary N) is 2. The highest BCUT2D eigenvalue weighted by molar-refractivity contribution is 5.79. The van der Waals surface area contributed by atoms with Gasteiger partial charge in [0.15, 0.2) is 38.1 Å². The van der Waals surface area contributed by atoms with E-state index in [-0.39, 0.29) is 45.8 Å². The second-order valence-electron chi connectivity index (χ2n) is 18.4. The first-order valence-electron chi connectivity index (χ1n) is 25.6. The zero-order chi connectivity index (χ0) is 56.2. The summed E-state index contributed by atoms with van der Waals surface area (Å²) in [6.45, 7) is 5.43. The number of hydrogen-bond donors (Lipinski definition) is 7. The summed E-state index contributed by atoms with van der Waals surface area (Å²) >= 11 is 0. The molecule has 4 atom stereocenters. The van der Waals surface area contributed by atoms with Crippen LogP contribution in [0.3, 0.4) is 0 Å². The Morgan fingerprint density at radius 3 is 1.49 bits per heavy atom. The number of primary amides is 1. The number of carboxylic acid groups (broad SMARTS) is 5. The molecular weight excluding hydrogens is 985 g/mol. The van der Waals surface area contributed by atoms with Gasteiger partial charge in [-0.3, -0.25) is 53.5 Å². The van der Waals surface area contributed by atoms with E-state index in [1.807, 2.05) is 38.0 Å². The SMILES string of the molecule is CCCCC[C@H](N=CO[C@H](CCCCN=COCCCN(CCN(C)C)CCN(CC(=O)O)CC(=O)O)N=COCC[C@@H](C(=O)O)N(CCN(C)C)CCN(CC(=O)O)CC(=O)O)OC=NCCCC[C@H](N)C(N)=O. The van der Waals surface area contributed by atoms with Crippen LogP contribution in [0.25, 0.3) is 0 Å². The van der Waals surface area contributed by atoms with Gasteiger partial charge in [-0.05, 0) is 73.1 Å². The Morgan fingerprint density at radius 1 is 0.507 bits per heavy atom. The molecule has 0 heterocycles. The van der Waals surface area contributed by atoms with E-state index in [2.05, 4.69) is 31.8 Å². The summed E-state index contributed by atoms with van der Waals surface area (Å²) in [5, 5.41) is 47.2. The van der Waals surface area contributed by atoms with Gasteiger partial charge in [0.05, 0.1) is 45.4 Å². The Morgan fingerprint density at radius 2 is 0.960 bits per heavy atom. The molecule has 0 radical (unpaired) electrons. The predicted octanol–water partition coefficient (Wildman–Crippen LogP) is 0.455. The van der Waals surface area contributed by atoms with Crippen LogP contribution in [0, 0.1) is 0 Å². The van der Waals surface area contributed by atoms with Crippen LogP contribution < -0.4 is 11.5 Å². The minimum Gasteiger partial charge on any atom is -0.483 e. The fourth-order valence-electron chi connectivity index (χ4n) is 7.01. The van der Waals surface area contributed by atoms with Crippen LogP contribution in [-0.2, 0) is 47.7 Å². The molecule has 432 valence electrons. The van der Waals surface area contributed by atoms with Crippen molar-refractivity contribution in [2.45, 2.75) is 109 Å². The molecule has 0 saturated carbocycles. The van der Waals surface area contributed by atoms with Crippen LogP contribution in [0.5, 0.6) is 0 Å². The maximum absolute atomic E-state index is 12.5. The van der Waals surface area contributed by atoms with Crippen LogP contribution in [-0.4, -0.2) is 280 Å². The number of aliphatic carboxylic acids is 5. The number of aliphatic imine (C=N–C) groups is 4. The summed E-state index contributed by atoms with van der Waals surface area (Å²) in [6.07, 6.45) is 11.6. The predicted molar refractivity (Wildman–Crippen MR) is 284 cm³/mol. The Balaban J connectivity index is 5.78. The molecule has 1 amide bonds. The lowest BCUT2D eigenvalue weighted by atomic mass is 10.1. The third kappa shape index (κ3) is 42.4. The van der Waals surface area contributed by atoms with Crippen molar-refractivity contribution in [2.24, 2.45) is 31.4 Å². The molecule has 27 heteroatoms. The summed E-state index contributed by atoms with van der Waals surface area (Å²) in [6, 6.07) is -1.72. The van der Waals surface area contributed by atoms with E-state index in [1.165, 1.54) is 35.4 Å². The monoisotopic (exact) mass is 1070 g/mol. The van der Waals surface area contributed by atoms with Gasteiger partial charge >= 0.3 is 29.8 Å². The van der Waals surface area contributed by atoms with Gasteiger partial charge in [0, 0.05) is 91.3 Å². The Kier molecular flexibility index (Phi) is 41.4. The maximum Gasteiger partial charge on any atom is 0.321 e. The zero-order valence-corrected chi connectivity index (χ0v) is 45.1. The second-order valence-corrected chi connectivity index (χ2v) is 18.4. The first kappa shape index (κ1) is 69.4. The van der Waals surface area contributed by atoms with Gasteiger partial charge in [0.25, 0.3) is 0 Å². The summed E-state index contributed by atoms with van der Waals surface area (Å²) in [5.41, 5.74) is 10.9. The van der Waals surface area contributed by atoms with E-state index >= 15 is 0 Å². The molecule has 27 nitrogen and oxygen atoms in total. The minimum absolute atomic E-state index is 0.0128. The van der Waals surface area contributed by atoms with Crippen molar-refractivity contribution in [2.75, 3.05) is 140 Å². The van der Waals surface area contributed by atoms with Gasteiger partial charge in [-0.15, -0.1) is 0 Å². The van der Waals surface area contributed by atoms with Crippen molar-refractivity contribution in [1.29, 1.82) is 0 Å². The van der Waals surface area contributed by atoms with Crippen LogP contribution >= 0.6 is 0 Å². The van der Waals surface area contributed by atoms with Gasteiger partial charge in [-0.1, -0.05) is 19.8 Å². The number of unbranched alkanes of at least 4 members (excludes halogenated alkanes) is 4. The zero-order valence-electron chi connectivity index (χ0n) is 45.1. The minimum atomic E-state index is -1.20. The topological polar surface area (TPSA) is 361 Å². The Labute approximate surface area is 442 Å². The Hall–Kier alpha value is -5.58. The van der Waals surface area contributed by atoms with E-state index in [4.69, 9.17) is 30.4 Å². The first-order chi connectivity index (χ1) is 35.7. The van der Waals surface area contributed by atoms with Gasteiger partial charge in [-0.2, -0.15) is 0 Å². The molecule has 0 spiro atoms. The third-order valence-corrected chi connectivity index (χ3v) is 11.2. The highest BCUT2D eigenvalue weighted by Gasteiger charge is 2.27. The molecule has 0 aromatic heterocycles. The fourth-order valence-corrected chi connectivity index (χ4v) is 7.01. The van der Waals surface area contributed by atoms with E-state index < -0.39 is 73.4 Å². The number of ether oxygens (including phenoxy) is 4. The lowest BCUT2D eigenvalue weighted by molar-refractivity contribution is -0.146. The molecule has 0 aromatic rings.